The summed E-state index contributed by atoms with van der Waals surface area (Å²) in [6.07, 6.45) is 0.976. The fourth-order valence-electron chi connectivity index (χ4n) is 2.03. The molecule has 0 heterocycles. The summed E-state index contributed by atoms with van der Waals surface area (Å²) in [5.41, 5.74) is 6.63. The van der Waals surface area contributed by atoms with Gasteiger partial charge in [0.2, 0.25) is 5.91 Å². The van der Waals surface area contributed by atoms with Crippen molar-refractivity contribution >= 4 is 5.91 Å². The zero-order chi connectivity index (χ0) is 13.5. The van der Waals surface area contributed by atoms with Crippen LogP contribution in [0.4, 0.5) is 0 Å². The van der Waals surface area contributed by atoms with Crippen molar-refractivity contribution in [3.05, 3.63) is 35.9 Å². The van der Waals surface area contributed by atoms with Crippen LogP contribution in [0.1, 0.15) is 38.7 Å². The molecule has 1 rings (SSSR count). The van der Waals surface area contributed by atoms with Gasteiger partial charge in [0.25, 0.3) is 0 Å². The maximum absolute atomic E-state index is 12.3. The first-order valence-electron chi connectivity index (χ1n) is 6.65. The van der Waals surface area contributed by atoms with Gasteiger partial charge < -0.3 is 11.1 Å². The average Bonchev–Trinajstić information content (AvgIpc) is 2.39. The number of benzene rings is 1. The van der Waals surface area contributed by atoms with E-state index in [-0.39, 0.29) is 17.9 Å². The number of rotatable bonds is 6. The molecule has 1 aromatic carbocycles. The van der Waals surface area contributed by atoms with Crippen LogP contribution in [0.15, 0.2) is 30.3 Å². The second-order valence-electron chi connectivity index (χ2n) is 4.92. The van der Waals surface area contributed by atoms with Crippen LogP contribution >= 0.6 is 0 Å². The van der Waals surface area contributed by atoms with E-state index in [1.165, 1.54) is 0 Å². The Bertz CT molecular complexity index is 364. The summed E-state index contributed by atoms with van der Waals surface area (Å²) in [4.78, 5) is 12.3. The van der Waals surface area contributed by atoms with E-state index in [1.807, 2.05) is 37.3 Å². The van der Waals surface area contributed by atoms with Gasteiger partial charge >= 0.3 is 0 Å². The molecule has 3 atom stereocenters. The van der Waals surface area contributed by atoms with Crippen LogP contribution in [0.3, 0.4) is 0 Å². The first-order valence-corrected chi connectivity index (χ1v) is 6.65. The Morgan fingerprint density at radius 1 is 1.28 bits per heavy atom. The van der Waals surface area contributed by atoms with Gasteiger partial charge in [-0.25, -0.2) is 0 Å². The van der Waals surface area contributed by atoms with Crippen molar-refractivity contribution in [2.75, 3.05) is 6.54 Å². The van der Waals surface area contributed by atoms with Crippen molar-refractivity contribution in [1.29, 1.82) is 0 Å². The molecule has 1 amide bonds. The van der Waals surface area contributed by atoms with E-state index in [2.05, 4.69) is 19.2 Å². The van der Waals surface area contributed by atoms with E-state index in [4.69, 9.17) is 5.73 Å². The number of amides is 1. The number of carbonyl (C=O) groups is 1. The Hall–Kier alpha value is -1.35. The van der Waals surface area contributed by atoms with E-state index >= 15 is 0 Å². The molecule has 0 fully saturated rings. The summed E-state index contributed by atoms with van der Waals surface area (Å²) in [6, 6.07) is 9.98. The molecule has 0 spiro atoms. The molecule has 0 radical (unpaired) electrons. The monoisotopic (exact) mass is 248 g/mol. The van der Waals surface area contributed by atoms with Crippen molar-refractivity contribution in [3.8, 4) is 0 Å². The van der Waals surface area contributed by atoms with Crippen molar-refractivity contribution in [1.82, 2.24) is 5.32 Å². The summed E-state index contributed by atoms with van der Waals surface area (Å²) in [5, 5.41) is 2.98. The molecule has 18 heavy (non-hydrogen) atoms. The van der Waals surface area contributed by atoms with Crippen LogP contribution < -0.4 is 11.1 Å². The third-order valence-electron chi connectivity index (χ3n) is 3.40. The second-order valence-corrected chi connectivity index (χ2v) is 4.92. The van der Waals surface area contributed by atoms with Crippen molar-refractivity contribution in [3.63, 3.8) is 0 Å². The third kappa shape index (κ3) is 3.84. The van der Waals surface area contributed by atoms with Crippen LogP contribution in [-0.2, 0) is 4.79 Å². The fourth-order valence-corrected chi connectivity index (χ4v) is 2.03. The van der Waals surface area contributed by atoms with Gasteiger partial charge in [-0.15, -0.1) is 0 Å². The van der Waals surface area contributed by atoms with Crippen LogP contribution in [0, 0.1) is 5.92 Å². The molecule has 3 nitrogen and oxygen atoms in total. The molecule has 0 bridgehead atoms. The molecule has 3 N–H and O–H groups in total. The lowest BCUT2D eigenvalue weighted by molar-refractivity contribution is -0.124. The number of nitrogens with two attached hydrogens (primary N) is 1. The second kappa shape index (κ2) is 7.17. The minimum absolute atomic E-state index is 0.0211. The van der Waals surface area contributed by atoms with Crippen LogP contribution in [0.2, 0.25) is 0 Å². The van der Waals surface area contributed by atoms with E-state index in [1.54, 1.807) is 0 Å². The van der Waals surface area contributed by atoms with Gasteiger partial charge in [-0.2, -0.15) is 0 Å². The predicted octanol–water partition coefficient (Wildman–Crippen LogP) is 2.28. The van der Waals surface area contributed by atoms with Crippen LogP contribution in [0.25, 0.3) is 0 Å². The van der Waals surface area contributed by atoms with E-state index in [0.29, 0.717) is 12.5 Å². The number of nitrogens with one attached hydrogen (secondary N) is 1. The average molecular weight is 248 g/mol. The first kappa shape index (κ1) is 14.7. The van der Waals surface area contributed by atoms with E-state index in [0.717, 1.165) is 12.0 Å². The van der Waals surface area contributed by atoms with Gasteiger partial charge in [-0.3, -0.25) is 4.79 Å². The Labute approximate surface area is 110 Å². The predicted molar refractivity (Wildman–Crippen MR) is 75.3 cm³/mol. The van der Waals surface area contributed by atoms with Crippen molar-refractivity contribution in [2.24, 2.45) is 11.7 Å². The summed E-state index contributed by atoms with van der Waals surface area (Å²) in [5.74, 6) is 0.302. The lowest BCUT2D eigenvalue weighted by Gasteiger charge is -2.24. The van der Waals surface area contributed by atoms with Gasteiger partial charge in [-0.05, 0) is 18.4 Å². The largest absolute Gasteiger partial charge is 0.352 e. The molecule has 0 aliphatic carbocycles. The minimum atomic E-state index is -0.0924. The Morgan fingerprint density at radius 2 is 1.89 bits per heavy atom. The smallest absolute Gasteiger partial charge is 0.228 e. The number of hydrogen-bond donors (Lipinski definition) is 2. The molecule has 0 aliphatic heterocycles. The molecular weight excluding hydrogens is 224 g/mol. The summed E-state index contributed by atoms with van der Waals surface area (Å²) < 4.78 is 0. The van der Waals surface area contributed by atoms with Gasteiger partial charge in [0, 0.05) is 12.6 Å². The zero-order valence-electron chi connectivity index (χ0n) is 11.5. The number of hydrogen-bond acceptors (Lipinski definition) is 2. The molecule has 0 aromatic heterocycles. The molecule has 100 valence electrons. The van der Waals surface area contributed by atoms with Gasteiger partial charge in [-0.1, -0.05) is 50.6 Å². The highest BCUT2D eigenvalue weighted by atomic mass is 16.1. The zero-order valence-corrected chi connectivity index (χ0v) is 11.5. The summed E-state index contributed by atoms with van der Waals surface area (Å²) in [7, 11) is 0. The standard InChI is InChI=1S/C15H24N2O/c1-4-11(2)14(13-8-6-5-7-9-13)15(18)17-12(3)10-16/h5-9,11-12,14H,4,10,16H2,1-3H3,(H,17,18)/t11?,12-,14?/m1/s1. The van der Waals surface area contributed by atoms with E-state index < -0.39 is 0 Å². The fraction of sp³-hybridized carbons (Fsp3) is 0.533. The molecule has 0 saturated heterocycles. The highest BCUT2D eigenvalue weighted by molar-refractivity contribution is 5.84. The van der Waals surface area contributed by atoms with Gasteiger partial charge in [0.05, 0.1) is 5.92 Å². The highest BCUT2D eigenvalue weighted by Crippen LogP contribution is 2.27. The quantitative estimate of drug-likeness (QED) is 0.811. The summed E-state index contributed by atoms with van der Waals surface area (Å²) >= 11 is 0. The van der Waals surface area contributed by atoms with Crippen LogP contribution in [0.5, 0.6) is 0 Å². The SMILES string of the molecule is CCC(C)C(C(=O)N[C@H](C)CN)c1ccccc1. The van der Waals surface area contributed by atoms with Gasteiger partial charge in [0.15, 0.2) is 0 Å². The number of carbonyl (C=O) groups excluding carboxylic acids is 1. The van der Waals surface area contributed by atoms with Crippen molar-refractivity contribution in [2.45, 2.75) is 39.2 Å². The Balaban J connectivity index is 2.89. The first-order chi connectivity index (χ1) is 8.60. The normalized spacial score (nSPS) is 15.8. The molecule has 0 aliphatic rings. The molecule has 1 aromatic rings. The third-order valence-corrected chi connectivity index (χ3v) is 3.40. The van der Waals surface area contributed by atoms with Crippen molar-refractivity contribution < 1.29 is 4.79 Å². The maximum Gasteiger partial charge on any atom is 0.228 e. The minimum Gasteiger partial charge on any atom is -0.352 e. The molecule has 2 unspecified atom stereocenters. The molecule has 0 saturated carbocycles. The maximum atomic E-state index is 12.3. The topological polar surface area (TPSA) is 55.1 Å². The Morgan fingerprint density at radius 3 is 2.39 bits per heavy atom. The lowest BCUT2D eigenvalue weighted by atomic mass is 9.84. The summed E-state index contributed by atoms with van der Waals surface area (Å²) in [6.45, 7) is 6.62. The Kier molecular flexibility index (Phi) is 5.86. The molecule has 3 heteroatoms. The van der Waals surface area contributed by atoms with Gasteiger partial charge in [0.1, 0.15) is 0 Å². The lowest BCUT2D eigenvalue weighted by Crippen LogP contribution is -2.41. The molecular formula is C15H24N2O. The van der Waals surface area contributed by atoms with E-state index in [9.17, 15) is 4.79 Å². The highest BCUT2D eigenvalue weighted by Gasteiger charge is 2.26. The van der Waals surface area contributed by atoms with Crippen LogP contribution in [-0.4, -0.2) is 18.5 Å².